The number of carbonyl (C=O) groups excluding carboxylic acids is 1. The van der Waals surface area contributed by atoms with Crippen LogP contribution in [-0.4, -0.2) is 47.1 Å². The first kappa shape index (κ1) is 22.3. The third kappa shape index (κ3) is 4.84. The Morgan fingerprint density at radius 2 is 1.97 bits per heavy atom. The average molecular weight is 473 g/mol. The number of amides is 1. The van der Waals surface area contributed by atoms with E-state index >= 15 is 0 Å². The molecule has 1 N–H and O–H groups in total. The van der Waals surface area contributed by atoms with Gasteiger partial charge in [0.25, 0.3) is 5.91 Å². The fourth-order valence-electron chi connectivity index (χ4n) is 6.02. The predicted molar refractivity (Wildman–Crippen MR) is 131 cm³/mol. The number of nitrogens with one attached hydrogen (secondary N) is 1. The topological polar surface area (TPSA) is 76.6 Å². The molecule has 3 heterocycles. The second kappa shape index (κ2) is 9.48. The highest BCUT2D eigenvalue weighted by Gasteiger charge is 2.45. The van der Waals surface area contributed by atoms with Gasteiger partial charge < -0.3 is 14.8 Å². The summed E-state index contributed by atoms with van der Waals surface area (Å²) in [5.74, 6) is 4.13. The molecule has 2 aromatic rings. The molecule has 2 fully saturated rings. The highest BCUT2D eigenvalue weighted by Crippen LogP contribution is 2.55. The number of hydrogen-bond donors (Lipinski definition) is 1. The summed E-state index contributed by atoms with van der Waals surface area (Å²) in [5.41, 5.74) is 7.73. The number of rotatable bonds is 7. The summed E-state index contributed by atoms with van der Waals surface area (Å²) in [4.78, 5) is 24.2. The number of hydrogen-bond acceptors (Lipinski definition) is 6. The van der Waals surface area contributed by atoms with Crippen molar-refractivity contribution in [3.8, 4) is 11.5 Å². The van der Waals surface area contributed by atoms with Gasteiger partial charge in [-0.1, -0.05) is 12.6 Å². The molecule has 182 valence electrons. The third-order valence-electron chi connectivity index (χ3n) is 7.90. The highest BCUT2D eigenvalue weighted by molar-refractivity contribution is 5.94. The van der Waals surface area contributed by atoms with Gasteiger partial charge in [-0.2, -0.15) is 0 Å². The molecule has 1 aromatic heterocycles. The van der Waals surface area contributed by atoms with E-state index < -0.39 is 0 Å². The Hall–Kier alpha value is -3.15. The lowest BCUT2D eigenvalue weighted by Crippen LogP contribution is -2.34. The van der Waals surface area contributed by atoms with Crippen molar-refractivity contribution in [3.63, 3.8) is 0 Å². The zero-order chi connectivity index (χ0) is 23.8. The minimum absolute atomic E-state index is 0.133. The molecule has 4 aliphatic rings. The van der Waals surface area contributed by atoms with Gasteiger partial charge in [0, 0.05) is 31.7 Å². The fraction of sp³-hybridized carbons (Fsp3) is 0.500. The molecule has 0 spiro atoms. The molecule has 1 amide bonds. The van der Waals surface area contributed by atoms with E-state index in [-0.39, 0.29) is 5.91 Å². The monoisotopic (exact) mass is 472 g/mol. The summed E-state index contributed by atoms with van der Waals surface area (Å²) in [7, 11) is 0. The quantitative estimate of drug-likeness (QED) is 0.620. The molecular formula is C28H32N4O3. The summed E-state index contributed by atoms with van der Waals surface area (Å²) in [6.07, 6.45) is 7.33. The third-order valence-corrected chi connectivity index (χ3v) is 7.90. The Labute approximate surface area is 206 Å². The Balaban J connectivity index is 1.07. The van der Waals surface area contributed by atoms with Crippen LogP contribution < -0.4 is 14.8 Å². The maximum Gasteiger partial charge on any atom is 0.270 e. The number of aromatic nitrogens is 2. The van der Waals surface area contributed by atoms with Gasteiger partial charge in [-0.15, -0.1) is 5.73 Å². The van der Waals surface area contributed by atoms with E-state index in [1.54, 1.807) is 0 Å². The normalized spacial score (nSPS) is 24.2. The second-order valence-electron chi connectivity index (χ2n) is 10.3. The molecule has 7 nitrogen and oxygen atoms in total. The first-order valence-electron chi connectivity index (χ1n) is 12.8. The highest BCUT2D eigenvalue weighted by atomic mass is 16.6. The van der Waals surface area contributed by atoms with Gasteiger partial charge in [0.2, 0.25) is 0 Å². The lowest BCUT2D eigenvalue weighted by Gasteiger charge is -2.29. The van der Waals surface area contributed by atoms with Crippen molar-refractivity contribution in [2.24, 2.45) is 17.8 Å². The Morgan fingerprint density at radius 3 is 2.80 bits per heavy atom. The Kier molecular flexibility index (Phi) is 6.05. The SMILES string of the molecule is C=C=C(CNC(=O)c1ncnc2c1CCN(Cc1ccc3c(c1)OCCO3)C2)CC1CC2CC2C1. The van der Waals surface area contributed by atoms with E-state index in [4.69, 9.17) is 9.47 Å². The molecule has 35 heavy (non-hydrogen) atoms. The predicted octanol–water partition coefficient (Wildman–Crippen LogP) is 3.68. The van der Waals surface area contributed by atoms with E-state index in [1.807, 2.05) is 6.07 Å². The van der Waals surface area contributed by atoms with E-state index in [0.29, 0.717) is 32.0 Å². The molecule has 2 saturated carbocycles. The van der Waals surface area contributed by atoms with Crippen molar-refractivity contribution < 1.29 is 14.3 Å². The zero-order valence-corrected chi connectivity index (χ0v) is 20.1. The zero-order valence-electron chi connectivity index (χ0n) is 20.1. The molecule has 2 atom stereocenters. The van der Waals surface area contributed by atoms with E-state index in [9.17, 15) is 4.79 Å². The minimum Gasteiger partial charge on any atom is -0.486 e. The van der Waals surface area contributed by atoms with Crippen LogP contribution in [0, 0.1) is 17.8 Å². The van der Waals surface area contributed by atoms with Crippen LogP contribution in [0.2, 0.25) is 0 Å². The summed E-state index contributed by atoms with van der Waals surface area (Å²) >= 11 is 0. The largest absolute Gasteiger partial charge is 0.486 e. The van der Waals surface area contributed by atoms with Gasteiger partial charge in [-0.25, -0.2) is 9.97 Å². The minimum atomic E-state index is -0.133. The van der Waals surface area contributed by atoms with Crippen molar-refractivity contribution in [2.75, 3.05) is 26.3 Å². The van der Waals surface area contributed by atoms with Gasteiger partial charge in [0.1, 0.15) is 25.2 Å². The van der Waals surface area contributed by atoms with Crippen LogP contribution >= 0.6 is 0 Å². The standard InChI is InChI=1S/C28H32N4O3/c1-2-18(9-20-10-21-13-22(21)11-20)14-29-28(33)27-23-5-6-32(16-24(23)30-17-31-27)15-19-3-4-25-26(12-19)35-8-7-34-25/h3-4,12,17,20-22H,1,5-11,13-16H2,(H,29,33). The molecule has 2 aliphatic carbocycles. The van der Waals surface area contributed by atoms with E-state index in [0.717, 1.165) is 72.0 Å². The lowest BCUT2D eigenvalue weighted by atomic mass is 9.95. The summed E-state index contributed by atoms with van der Waals surface area (Å²) in [6, 6.07) is 6.12. The smallest absolute Gasteiger partial charge is 0.270 e. The summed E-state index contributed by atoms with van der Waals surface area (Å²) < 4.78 is 11.4. The van der Waals surface area contributed by atoms with Crippen molar-refractivity contribution in [3.05, 3.63) is 64.9 Å². The van der Waals surface area contributed by atoms with Crippen LogP contribution in [0.15, 0.2) is 42.4 Å². The maximum atomic E-state index is 13.0. The Bertz CT molecular complexity index is 1180. The van der Waals surface area contributed by atoms with Gasteiger partial charge in [0.15, 0.2) is 11.5 Å². The van der Waals surface area contributed by atoms with Crippen LogP contribution in [0.1, 0.15) is 53.0 Å². The van der Waals surface area contributed by atoms with Crippen molar-refractivity contribution in [1.82, 2.24) is 20.2 Å². The molecule has 2 unspecified atom stereocenters. The molecule has 0 radical (unpaired) electrons. The molecule has 6 rings (SSSR count). The second-order valence-corrected chi connectivity index (χ2v) is 10.3. The molecular weight excluding hydrogens is 440 g/mol. The van der Waals surface area contributed by atoms with E-state index in [2.05, 4.69) is 44.6 Å². The molecule has 7 heteroatoms. The van der Waals surface area contributed by atoms with Gasteiger partial charge in [-0.05, 0) is 73.1 Å². The summed E-state index contributed by atoms with van der Waals surface area (Å²) in [6.45, 7) is 7.85. The number of carbonyl (C=O) groups is 1. The number of fused-ring (bicyclic) bond motifs is 3. The number of nitrogens with zero attached hydrogens (tertiary/aromatic N) is 3. The number of benzene rings is 1. The maximum absolute atomic E-state index is 13.0. The van der Waals surface area contributed by atoms with Crippen molar-refractivity contribution in [1.29, 1.82) is 0 Å². The van der Waals surface area contributed by atoms with Crippen LogP contribution in [-0.2, 0) is 19.5 Å². The molecule has 2 aliphatic heterocycles. The average Bonchev–Trinajstić information content (AvgIpc) is 3.50. The van der Waals surface area contributed by atoms with Crippen LogP contribution in [0.25, 0.3) is 0 Å². The first-order chi connectivity index (χ1) is 17.2. The molecule has 0 saturated heterocycles. The molecule has 0 bridgehead atoms. The van der Waals surface area contributed by atoms with Crippen molar-refractivity contribution in [2.45, 2.75) is 45.2 Å². The van der Waals surface area contributed by atoms with Gasteiger partial charge in [0.05, 0.1) is 5.69 Å². The lowest BCUT2D eigenvalue weighted by molar-refractivity contribution is 0.0948. The van der Waals surface area contributed by atoms with Crippen molar-refractivity contribution >= 4 is 5.91 Å². The number of ether oxygens (including phenoxy) is 2. The van der Waals surface area contributed by atoms with Crippen LogP contribution in [0.3, 0.4) is 0 Å². The van der Waals surface area contributed by atoms with Gasteiger partial charge in [-0.3, -0.25) is 9.69 Å². The fourth-order valence-corrected chi connectivity index (χ4v) is 6.02. The first-order valence-corrected chi connectivity index (χ1v) is 12.8. The van der Waals surface area contributed by atoms with E-state index in [1.165, 1.54) is 31.2 Å². The van der Waals surface area contributed by atoms with Crippen LogP contribution in [0.5, 0.6) is 11.5 Å². The van der Waals surface area contributed by atoms with Crippen LogP contribution in [0.4, 0.5) is 0 Å². The summed E-state index contributed by atoms with van der Waals surface area (Å²) in [5, 5.41) is 3.07. The van der Waals surface area contributed by atoms with Gasteiger partial charge >= 0.3 is 0 Å². The Morgan fingerprint density at radius 1 is 1.14 bits per heavy atom. The molecule has 1 aromatic carbocycles.